The summed E-state index contributed by atoms with van der Waals surface area (Å²) in [5.41, 5.74) is 1.04. The first-order chi connectivity index (χ1) is 13.4. The van der Waals surface area contributed by atoms with Gasteiger partial charge in [0, 0.05) is 26.2 Å². The molecule has 1 aromatic carbocycles. The first-order valence-corrected chi connectivity index (χ1v) is 11.6. The van der Waals surface area contributed by atoms with Crippen molar-refractivity contribution in [2.75, 3.05) is 20.2 Å². The number of hydrogen-bond acceptors (Lipinski definition) is 7. The summed E-state index contributed by atoms with van der Waals surface area (Å²) < 4.78 is 41.6. The maximum atomic E-state index is 13.2. The number of amides is 1. The summed E-state index contributed by atoms with van der Waals surface area (Å²) in [4.78, 5) is 14.4. The molecular weight excluding hydrogens is 400 g/mol. The molecule has 2 fully saturated rings. The molecule has 2 aromatic rings. The van der Waals surface area contributed by atoms with Gasteiger partial charge in [-0.15, -0.1) is 0 Å². The van der Waals surface area contributed by atoms with Crippen LogP contribution in [0.15, 0.2) is 23.1 Å². The van der Waals surface area contributed by atoms with E-state index < -0.39 is 16.1 Å². The number of aromatic nitrogens is 2. The number of carbonyl (C=O) groups excluding carboxylic acids is 1. The Morgan fingerprint density at radius 1 is 1.21 bits per heavy atom. The molecule has 4 rings (SSSR count). The summed E-state index contributed by atoms with van der Waals surface area (Å²) in [5, 5.41) is 0. The van der Waals surface area contributed by atoms with E-state index >= 15 is 0 Å². The molecule has 2 saturated heterocycles. The summed E-state index contributed by atoms with van der Waals surface area (Å²) in [6.45, 7) is 4.85. The predicted molar refractivity (Wildman–Crippen MR) is 105 cm³/mol. The molecule has 2 aliphatic rings. The number of ether oxygens (including phenoxy) is 1. The lowest BCUT2D eigenvalue weighted by Gasteiger charge is -2.53. The first-order valence-electron chi connectivity index (χ1n) is 9.42. The topological polar surface area (TPSA) is 92.7 Å². The first kappa shape index (κ1) is 19.7. The summed E-state index contributed by atoms with van der Waals surface area (Å²) in [7, 11) is -2.07. The molecule has 8 nitrogen and oxygen atoms in total. The number of β-lactam (4-membered cyclic amide) rings is 1. The highest BCUT2D eigenvalue weighted by molar-refractivity contribution is 7.89. The van der Waals surface area contributed by atoms with Crippen LogP contribution in [0.25, 0.3) is 11.0 Å². The Hall–Kier alpha value is -1.62. The average Bonchev–Trinajstić information content (AvgIpc) is 3.14. The van der Waals surface area contributed by atoms with E-state index in [1.807, 2.05) is 18.7 Å². The fraction of sp³-hybridized carbons (Fsp3) is 0.611. The van der Waals surface area contributed by atoms with E-state index in [0.717, 1.165) is 11.7 Å². The molecule has 0 saturated carbocycles. The Balaban J connectivity index is 1.51. The van der Waals surface area contributed by atoms with Crippen molar-refractivity contribution in [3.63, 3.8) is 0 Å². The second-order valence-corrected chi connectivity index (χ2v) is 10.1. The van der Waals surface area contributed by atoms with Crippen LogP contribution in [0.3, 0.4) is 0 Å². The number of rotatable bonds is 5. The van der Waals surface area contributed by atoms with Gasteiger partial charge in [-0.2, -0.15) is 13.1 Å². The van der Waals surface area contributed by atoms with E-state index in [2.05, 4.69) is 8.75 Å². The molecule has 28 heavy (non-hydrogen) atoms. The average molecular weight is 425 g/mol. The molecule has 3 heterocycles. The normalized spacial score (nSPS) is 24.9. The number of carbonyl (C=O) groups is 1. The van der Waals surface area contributed by atoms with Crippen molar-refractivity contribution < 1.29 is 17.9 Å². The van der Waals surface area contributed by atoms with Crippen LogP contribution < -0.4 is 0 Å². The van der Waals surface area contributed by atoms with Gasteiger partial charge in [-0.25, -0.2) is 8.42 Å². The van der Waals surface area contributed by atoms with Crippen LogP contribution in [0.4, 0.5) is 0 Å². The molecule has 1 aromatic heterocycles. The summed E-state index contributed by atoms with van der Waals surface area (Å²) in [5.74, 6) is 0.258. The number of hydrogen-bond donors (Lipinski definition) is 0. The molecule has 10 heteroatoms. The zero-order valence-corrected chi connectivity index (χ0v) is 17.7. The highest BCUT2D eigenvalue weighted by atomic mass is 32.2. The number of methoxy groups -OCH3 is 1. The number of piperidine rings is 1. The molecular formula is C18H24N4O4S2. The van der Waals surface area contributed by atoms with Crippen molar-refractivity contribution in [2.24, 2.45) is 5.92 Å². The van der Waals surface area contributed by atoms with Gasteiger partial charge in [0.1, 0.15) is 15.9 Å². The predicted octanol–water partition coefficient (Wildman–Crippen LogP) is 1.73. The molecule has 0 spiro atoms. The second-order valence-electron chi connectivity index (χ2n) is 7.62. The van der Waals surface area contributed by atoms with Crippen molar-refractivity contribution in [3.8, 4) is 0 Å². The molecule has 2 aliphatic heterocycles. The van der Waals surface area contributed by atoms with E-state index in [9.17, 15) is 13.2 Å². The maximum absolute atomic E-state index is 13.2. The quantitative estimate of drug-likeness (QED) is 0.679. The Bertz CT molecular complexity index is 982. The SMILES string of the molecule is COC1C(=O)N(C(C)C)C1C1CCN(S(=O)(=O)c2cccc3nsnc23)CC1. The minimum Gasteiger partial charge on any atom is -0.369 e. The van der Waals surface area contributed by atoms with Gasteiger partial charge in [0.25, 0.3) is 5.91 Å². The molecule has 0 bridgehead atoms. The standard InChI is InChI=1S/C18H24N4O4S2/c1-11(2)22-16(17(26-3)18(22)23)12-7-9-21(10-8-12)28(24,25)14-6-4-5-13-15(14)20-27-19-13/h4-6,11-12,16-17H,7-10H2,1-3H3. The Morgan fingerprint density at radius 2 is 1.93 bits per heavy atom. The van der Waals surface area contributed by atoms with Gasteiger partial charge in [-0.1, -0.05) is 6.07 Å². The van der Waals surface area contributed by atoms with Gasteiger partial charge in [0.2, 0.25) is 10.0 Å². The van der Waals surface area contributed by atoms with E-state index in [1.54, 1.807) is 25.3 Å². The van der Waals surface area contributed by atoms with E-state index in [-0.39, 0.29) is 28.8 Å². The van der Waals surface area contributed by atoms with E-state index in [4.69, 9.17) is 4.74 Å². The Morgan fingerprint density at radius 3 is 2.57 bits per heavy atom. The fourth-order valence-electron chi connectivity index (χ4n) is 4.40. The lowest BCUT2D eigenvalue weighted by atomic mass is 9.79. The van der Waals surface area contributed by atoms with Crippen LogP contribution in [0, 0.1) is 5.92 Å². The minimum atomic E-state index is -3.63. The second kappa shape index (κ2) is 7.33. The van der Waals surface area contributed by atoms with Crippen molar-refractivity contribution in [3.05, 3.63) is 18.2 Å². The number of sulfonamides is 1. The third-order valence-electron chi connectivity index (χ3n) is 5.79. The fourth-order valence-corrected chi connectivity index (χ4v) is 6.63. The molecule has 2 atom stereocenters. The highest BCUT2D eigenvalue weighted by Gasteiger charge is 2.53. The van der Waals surface area contributed by atoms with Crippen LogP contribution in [0.5, 0.6) is 0 Å². The van der Waals surface area contributed by atoms with Gasteiger partial charge >= 0.3 is 0 Å². The lowest BCUT2D eigenvalue weighted by Crippen LogP contribution is -2.70. The zero-order valence-electron chi connectivity index (χ0n) is 16.1. The number of nitrogens with zero attached hydrogens (tertiary/aromatic N) is 4. The summed E-state index contributed by atoms with van der Waals surface area (Å²) >= 11 is 1.02. The smallest absolute Gasteiger partial charge is 0.254 e. The van der Waals surface area contributed by atoms with Crippen molar-refractivity contribution in [1.29, 1.82) is 0 Å². The third kappa shape index (κ3) is 3.02. The Kier molecular flexibility index (Phi) is 5.15. The van der Waals surface area contributed by atoms with Crippen LogP contribution in [0.2, 0.25) is 0 Å². The van der Waals surface area contributed by atoms with Crippen LogP contribution in [-0.4, -0.2) is 70.7 Å². The van der Waals surface area contributed by atoms with Gasteiger partial charge < -0.3 is 9.64 Å². The summed E-state index contributed by atoms with van der Waals surface area (Å²) in [6, 6.07) is 5.20. The molecule has 2 unspecified atom stereocenters. The minimum absolute atomic E-state index is 0.0218. The van der Waals surface area contributed by atoms with E-state index in [1.165, 1.54) is 4.31 Å². The number of likely N-dealkylation sites (tertiary alicyclic amines) is 1. The van der Waals surface area contributed by atoms with Gasteiger partial charge in [-0.3, -0.25) is 4.79 Å². The largest absolute Gasteiger partial charge is 0.369 e. The van der Waals surface area contributed by atoms with Crippen LogP contribution in [0.1, 0.15) is 26.7 Å². The zero-order chi connectivity index (χ0) is 20.1. The van der Waals surface area contributed by atoms with Crippen LogP contribution >= 0.6 is 11.7 Å². The Labute approximate surface area is 168 Å². The lowest BCUT2D eigenvalue weighted by molar-refractivity contribution is -0.181. The molecule has 0 radical (unpaired) electrons. The molecule has 0 N–H and O–H groups in total. The number of fused-ring (bicyclic) bond motifs is 1. The van der Waals surface area contributed by atoms with Crippen molar-refractivity contribution in [2.45, 2.75) is 49.8 Å². The van der Waals surface area contributed by atoms with Gasteiger partial charge in [-0.05, 0) is 44.7 Å². The highest BCUT2D eigenvalue weighted by Crippen LogP contribution is 2.37. The van der Waals surface area contributed by atoms with Crippen molar-refractivity contribution in [1.82, 2.24) is 18.0 Å². The molecule has 152 valence electrons. The molecule has 1 amide bonds. The number of benzene rings is 1. The maximum Gasteiger partial charge on any atom is 0.254 e. The van der Waals surface area contributed by atoms with Gasteiger partial charge in [0.05, 0.1) is 17.8 Å². The molecule has 0 aliphatic carbocycles. The van der Waals surface area contributed by atoms with Crippen LogP contribution in [-0.2, 0) is 19.6 Å². The van der Waals surface area contributed by atoms with Crippen molar-refractivity contribution >= 4 is 38.7 Å². The monoisotopic (exact) mass is 424 g/mol. The van der Waals surface area contributed by atoms with E-state index in [0.29, 0.717) is 37.0 Å². The third-order valence-corrected chi connectivity index (χ3v) is 8.26. The van der Waals surface area contributed by atoms with Gasteiger partial charge in [0.15, 0.2) is 6.10 Å². The summed E-state index contributed by atoms with van der Waals surface area (Å²) in [6.07, 6.45) is 0.988.